The summed E-state index contributed by atoms with van der Waals surface area (Å²) in [6.45, 7) is 0.361. The van der Waals surface area contributed by atoms with Crippen LogP contribution in [0.25, 0.3) is 0 Å². The summed E-state index contributed by atoms with van der Waals surface area (Å²) in [7, 11) is 0. The van der Waals surface area contributed by atoms with Crippen LogP contribution in [0.2, 0.25) is 0 Å². The molecule has 2 rings (SSSR count). The third kappa shape index (κ3) is 0.878. The molecule has 0 aromatic carbocycles. The highest BCUT2D eigenvalue weighted by Crippen LogP contribution is 2.09. The number of aromatic amines is 2. The molecule has 4 N–H and O–H groups in total. The van der Waals surface area contributed by atoms with Gasteiger partial charge in [-0.1, -0.05) is 0 Å². The fourth-order valence-corrected chi connectivity index (χ4v) is 0.985. The molecule has 1 aromatic rings. The maximum atomic E-state index is 10.7. The smallest absolute Gasteiger partial charge is 0.324 e. The van der Waals surface area contributed by atoms with E-state index in [4.69, 9.17) is 0 Å². The van der Waals surface area contributed by atoms with Crippen LogP contribution in [-0.4, -0.2) is 16.0 Å². The predicted molar refractivity (Wildman–Crippen MR) is 37.3 cm³/mol. The second kappa shape index (κ2) is 1.88. The van der Waals surface area contributed by atoms with Crippen molar-refractivity contribution in [3.8, 4) is 0 Å². The number of carbonyl (C=O) groups is 1. The number of carbonyl (C=O) groups excluding carboxylic acids is 1. The Kier molecular flexibility index (Phi) is 1.03. The summed E-state index contributed by atoms with van der Waals surface area (Å²) in [6, 6.07) is -0.298. The van der Waals surface area contributed by atoms with Gasteiger partial charge in [-0.25, -0.2) is 9.59 Å². The average Bonchev–Trinajstić information content (AvgIpc) is 2.27. The highest BCUT2D eigenvalue weighted by molar-refractivity contribution is 5.90. The van der Waals surface area contributed by atoms with Crippen LogP contribution in [0.3, 0.4) is 0 Å². The minimum atomic E-state index is -0.306. The van der Waals surface area contributed by atoms with E-state index in [1.54, 1.807) is 0 Å². The normalized spacial score (nSPS) is 15.1. The fourth-order valence-electron chi connectivity index (χ4n) is 0.985. The monoisotopic (exact) mass is 154 g/mol. The van der Waals surface area contributed by atoms with Crippen molar-refractivity contribution in [1.29, 1.82) is 0 Å². The van der Waals surface area contributed by atoms with E-state index in [9.17, 15) is 9.59 Å². The fraction of sp³-hybridized carbons (Fsp3) is 0.200. The van der Waals surface area contributed by atoms with E-state index in [0.717, 1.165) is 0 Å². The first-order chi connectivity index (χ1) is 5.25. The Morgan fingerprint density at radius 2 is 2.00 bits per heavy atom. The van der Waals surface area contributed by atoms with Crippen molar-refractivity contribution in [3.05, 3.63) is 16.2 Å². The lowest BCUT2D eigenvalue weighted by molar-refractivity contribution is 0.250. The van der Waals surface area contributed by atoms with Gasteiger partial charge in [0.25, 0.3) is 0 Å². The summed E-state index contributed by atoms with van der Waals surface area (Å²) < 4.78 is 0. The second-order valence-electron chi connectivity index (χ2n) is 2.24. The molecule has 0 aliphatic carbocycles. The summed E-state index contributed by atoms with van der Waals surface area (Å²) in [5, 5.41) is 4.96. The van der Waals surface area contributed by atoms with E-state index in [0.29, 0.717) is 18.1 Å². The number of aromatic nitrogens is 2. The lowest BCUT2D eigenvalue weighted by Gasteiger charge is -2.12. The van der Waals surface area contributed by atoms with Crippen molar-refractivity contribution in [1.82, 2.24) is 15.3 Å². The Hall–Kier alpha value is -1.72. The number of amides is 2. The Morgan fingerprint density at radius 3 is 2.82 bits per heavy atom. The molecule has 6 nitrogen and oxygen atoms in total. The van der Waals surface area contributed by atoms with E-state index in [1.807, 2.05) is 0 Å². The lowest BCUT2D eigenvalue weighted by atomic mass is 10.4. The van der Waals surface area contributed by atoms with Gasteiger partial charge in [0, 0.05) is 0 Å². The zero-order valence-electron chi connectivity index (χ0n) is 5.52. The SMILES string of the molecule is O=C1NCc2[nH]c(=O)[nH]c2N1. The van der Waals surface area contributed by atoms with Crippen molar-refractivity contribution in [2.24, 2.45) is 0 Å². The molecule has 2 heterocycles. The number of anilines is 1. The van der Waals surface area contributed by atoms with Gasteiger partial charge in [-0.3, -0.25) is 10.3 Å². The molecule has 0 fully saturated rings. The van der Waals surface area contributed by atoms with E-state index >= 15 is 0 Å². The zero-order chi connectivity index (χ0) is 7.84. The standard InChI is InChI=1S/C5H6N4O2/c10-4-6-1-2-3(8-4)9-5(11)7-2/h1H2,(H2,6,8,10)(H2,7,9,11). The summed E-state index contributed by atoms with van der Waals surface area (Å²) >= 11 is 0. The topological polar surface area (TPSA) is 89.8 Å². The first-order valence-electron chi connectivity index (χ1n) is 3.12. The Bertz CT molecular complexity index is 350. The van der Waals surface area contributed by atoms with Crippen LogP contribution in [0.1, 0.15) is 5.69 Å². The highest BCUT2D eigenvalue weighted by Gasteiger charge is 2.15. The van der Waals surface area contributed by atoms with Gasteiger partial charge in [0.05, 0.1) is 12.2 Å². The van der Waals surface area contributed by atoms with Gasteiger partial charge in [0.1, 0.15) is 5.82 Å². The van der Waals surface area contributed by atoms with Gasteiger partial charge in [-0.2, -0.15) is 0 Å². The molecular weight excluding hydrogens is 148 g/mol. The number of nitrogens with one attached hydrogen (secondary N) is 4. The number of urea groups is 1. The minimum absolute atomic E-state index is 0.298. The molecule has 0 atom stereocenters. The van der Waals surface area contributed by atoms with Crippen LogP contribution in [-0.2, 0) is 6.54 Å². The van der Waals surface area contributed by atoms with E-state index < -0.39 is 0 Å². The second-order valence-corrected chi connectivity index (χ2v) is 2.24. The number of imidazole rings is 1. The third-order valence-corrected chi connectivity index (χ3v) is 1.47. The molecule has 11 heavy (non-hydrogen) atoms. The maximum absolute atomic E-state index is 10.7. The molecule has 0 radical (unpaired) electrons. The van der Waals surface area contributed by atoms with Crippen molar-refractivity contribution >= 4 is 11.8 Å². The number of rotatable bonds is 0. The molecule has 0 bridgehead atoms. The Balaban J connectivity index is 2.49. The van der Waals surface area contributed by atoms with Gasteiger partial charge < -0.3 is 10.3 Å². The predicted octanol–water partition coefficient (Wildman–Crippen LogP) is -0.662. The van der Waals surface area contributed by atoms with Gasteiger partial charge >= 0.3 is 11.7 Å². The highest BCUT2D eigenvalue weighted by atomic mass is 16.2. The quantitative estimate of drug-likeness (QED) is 0.399. The van der Waals surface area contributed by atoms with Gasteiger partial charge in [0.2, 0.25) is 0 Å². The van der Waals surface area contributed by atoms with Crippen LogP contribution in [0.5, 0.6) is 0 Å². The van der Waals surface area contributed by atoms with Crippen LogP contribution >= 0.6 is 0 Å². The third-order valence-electron chi connectivity index (χ3n) is 1.47. The van der Waals surface area contributed by atoms with Crippen molar-refractivity contribution in [2.75, 3.05) is 5.32 Å². The summed E-state index contributed by atoms with van der Waals surface area (Å²) in [5.41, 5.74) is 0.369. The van der Waals surface area contributed by atoms with Crippen LogP contribution in [0.15, 0.2) is 4.79 Å². The first-order valence-corrected chi connectivity index (χ1v) is 3.12. The molecule has 0 unspecified atom stereocenters. The Morgan fingerprint density at radius 1 is 1.18 bits per heavy atom. The molecule has 0 saturated carbocycles. The number of hydrogen-bond acceptors (Lipinski definition) is 2. The summed E-state index contributed by atoms with van der Waals surface area (Å²) in [5.74, 6) is 0.457. The maximum Gasteiger partial charge on any atom is 0.324 e. The molecule has 1 aliphatic rings. The molecule has 0 spiro atoms. The van der Waals surface area contributed by atoms with E-state index in [2.05, 4.69) is 20.6 Å². The molecule has 0 saturated heterocycles. The van der Waals surface area contributed by atoms with Crippen LogP contribution in [0, 0.1) is 0 Å². The van der Waals surface area contributed by atoms with Crippen molar-refractivity contribution in [3.63, 3.8) is 0 Å². The molecule has 6 heteroatoms. The molecule has 1 aromatic heterocycles. The molecular formula is C5H6N4O2. The first kappa shape index (κ1) is 6.02. The van der Waals surface area contributed by atoms with E-state index in [-0.39, 0.29) is 11.7 Å². The summed E-state index contributed by atoms with van der Waals surface area (Å²) in [4.78, 5) is 26.3. The zero-order valence-corrected chi connectivity index (χ0v) is 5.52. The van der Waals surface area contributed by atoms with Gasteiger partial charge in [-0.05, 0) is 0 Å². The van der Waals surface area contributed by atoms with E-state index in [1.165, 1.54) is 0 Å². The minimum Gasteiger partial charge on any atom is -0.332 e. The lowest BCUT2D eigenvalue weighted by Crippen LogP contribution is -2.33. The molecule has 1 aliphatic heterocycles. The largest absolute Gasteiger partial charge is 0.332 e. The van der Waals surface area contributed by atoms with Crippen LogP contribution in [0.4, 0.5) is 10.6 Å². The van der Waals surface area contributed by atoms with Gasteiger partial charge in [-0.15, -0.1) is 0 Å². The number of H-pyrrole nitrogens is 2. The Labute approximate surface area is 61.0 Å². The van der Waals surface area contributed by atoms with Crippen molar-refractivity contribution < 1.29 is 4.79 Å². The van der Waals surface area contributed by atoms with Crippen molar-refractivity contribution in [2.45, 2.75) is 6.54 Å². The summed E-state index contributed by atoms with van der Waals surface area (Å²) in [6.07, 6.45) is 0. The van der Waals surface area contributed by atoms with Gasteiger partial charge in [0.15, 0.2) is 0 Å². The average molecular weight is 154 g/mol. The molecule has 58 valence electrons. The number of fused-ring (bicyclic) bond motifs is 1. The number of hydrogen-bond donors (Lipinski definition) is 4. The van der Waals surface area contributed by atoms with Crippen LogP contribution < -0.4 is 16.3 Å². The molecule has 2 amide bonds.